The average Bonchev–Trinajstić information content (AvgIpc) is 3.04. The standard InChI is InChI=1S/C16H11NO3/c18-15-12-8-4-5-9-13(12)16(19-15)10-14(17-20-16)11-6-2-1-3-7-11/h1-9H,10H2. The van der Waals surface area contributed by atoms with Crippen molar-refractivity contribution in [2.75, 3.05) is 0 Å². The Hall–Kier alpha value is -2.62. The molecule has 0 amide bonds. The van der Waals surface area contributed by atoms with Gasteiger partial charge in [-0.1, -0.05) is 53.7 Å². The lowest BCUT2D eigenvalue weighted by Gasteiger charge is -2.19. The zero-order valence-electron chi connectivity index (χ0n) is 10.6. The molecule has 0 radical (unpaired) electrons. The number of hydrogen-bond acceptors (Lipinski definition) is 4. The van der Waals surface area contributed by atoms with Crippen LogP contribution in [0.15, 0.2) is 59.8 Å². The van der Waals surface area contributed by atoms with Gasteiger partial charge in [0.1, 0.15) is 0 Å². The van der Waals surface area contributed by atoms with Crippen molar-refractivity contribution < 1.29 is 14.4 Å². The number of carbonyl (C=O) groups is 1. The van der Waals surface area contributed by atoms with Gasteiger partial charge in [0.05, 0.1) is 23.3 Å². The average molecular weight is 265 g/mol. The van der Waals surface area contributed by atoms with E-state index in [1.165, 1.54) is 0 Å². The normalized spacial score (nSPS) is 23.2. The summed E-state index contributed by atoms with van der Waals surface area (Å²) in [5.74, 6) is -1.44. The zero-order chi connectivity index (χ0) is 13.6. The van der Waals surface area contributed by atoms with Crippen LogP contribution in [0.5, 0.6) is 0 Å². The second-order valence-corrected chi connectivity index (χ2v) is 4.86. The summed E-state index contributed by atoms with van der Waals surface area (Å²) < 4.78 is 5.46. The molecule has 2 heterocycles. The van der Waals surface area contributed by atoms with Gasteiger partial charge in [-0.15, -0.1) is 0 Å². The van der Waals surface area contributed by atoms with Crippen molar-refractivity contribution in [3.05, 3.63) is 71.3 Å². The Morgan fingerprint density at radius 1 is 1.00 bits per heavy atom. The van der Waals surface area contributed by atoms with E-state index in [9.17, 15) is 4.79 Å². The SMILES string of the molecule is O=C1OC2(CC(c3ccccc3)=NO2)c2ccccc21. The minimum absolute atomic E-state index is 0.356. The molecule has 4 rings (SSSR count). The smallest absolute Gasteiger partial charge is 0.342 e. The van der Waals surface area contributed by atoms with Crippen LogP contribution in [-0.2, 0) is 15.4 Å². The molecule has 1 atom stereocenters. The molecule has 0 fully saturated rings. The third kappa shape index (κ3) is 1.48. The van der Waals surface area contributed by atoms with Crippen molar-refractivity contribution in [1.82, 2.24) is 0 Å². The third-order valence-electron chi connectivity index (χ3n) is 3.63. The summed E-state index contributed by atoms with van der Waals surface area (Å²) in [5.41, 5.74) is 3.07. The van der Waals surface area contributed by atoms with Gasteiger partial charge in [-0.3, -0.25) is 0 Å². The van der Waals surface area contributed by atoms with Gasteiger partial charge in [-0.2, -0.15) is 0 Å². The van der Waals surface area contributed by atoms with E-state index in [0.29, 0.717) is 12.0 Å². The fourth-order valence-corrected chi connectivity index (χ4v) is 2.65. The third-order valence-corrected chi connectivity index (χ3v) is 3.63. The number of ether oxygens (including phenoxy) is 1. The molecule has 0 saturated carbocycles. The van der Waals surface area contributed by atoms with Crippen LogP contribution in [0.1, 0.15) is 27.9 Å². The summed E-state index contributed by atoms with van der Waals surface area (Å²) in [6.45, 7) is 0. The van der Waals surface area contributed by atoms with E-state index < -0.39 is 5.79 Å². The van der Waals surface area contributed by atoms with Crippen molar-refractivity contribution in [3.8, 4) is 0 Å². The molecule has 0 saturated heterocycles. The van der Waals surface area contributed by atoms with Crippen molar-refractivity contribution in [2.24, 2.45) is 5.16 Å². The summed E-state index contributed by atoms with van der Waals surface area (Å²) in [6.07, 6.45) is 0.430. The monoisotopic (exact) mass is 265 g/mol. The van der Waals surface area contributed by atoms with Crippen LogP contribution in [0.4, 0.5) is 0 Å². The fourth-order valence-electron chi connectivity index (χ4n) is 2.65. The molecule has 0 bridgehead atoms. The maximum Gasteiger partial charge on any atom is 0.342 e. The largest absolute Gasteiger partial charge is 0.412 e. The number of fused-ring (bicyclic) bond motifs is 2. The number of hydrogen-bond donors (Lipinski definition) is 0. The van der Waals surface area contributed by atoms with Gasteiger partial charge >= 0.3 is 11.8 Å². The number of esters is 1. The molecule has 2 aliphatic rings. The maximum absolute atomic E-state index is 11.9. The molecule has 2 aromatic rings. The van der Waals surface area contributed by atoms with Crippen molar-refractivity contribution >= 4 is 11.7 Å². The lowest BCUT2D eigenvalue weighted by Crippen LogP contribution is -2.26. The molecule has 1 unspecified atom stereocenters. The van der Waals surface area contributed by atoms with Crippen LogP contribution in [0, 0.1) is 0 Å². The Kier molecular flexibility index (Phi) is 2.21. The molecule has 0 aliphatic carbocycles. The Bertz CT molecular complexity index is 724. The highest BCUT2D eigenvalue weighted by atomic mass is 16.8. The highest BCUT2D eigenvalue weighted by Crippen LogP contribution is 2.44. The van der Waals surface area contributed by atoms with E-state index >= 15 is 0 Å². The van der Waals surface area contributed by atoms with Gasteiger partial charge in [0, 0.05) is 0 Å². The topological polar surface area (TPSA) is 47.9 Å². The number of nitrogens with zero attached hydrogens (tertiary/aromatic N) is 1. The first-order valence-electron chi connectivity index (χ1n) is 6.42. The second kappa shape index (κ2) is 3.93. The van der Waals surface area contributed by atoms with Crippen LogP contribution in [0.2, 0.25) is 0 Å². The molecule has 98 valence electrons. The van der Waals surface area contributed by atoms with Crippen LogP contribution in [-0.4, -0.2) is 11.7 Å². The van der Waals surface area contributed by atoms with Gasteiger partial charge < -0.3 is 9.57 Å². The number of rotatable bonds is 1. The predicted molar refractivity (Wildman–Crippen MR) is 72.2 cm³/mol. The highest BCUT2D eigenvalue weighted by Gasteiger charge is 2.52. The molecule has 4 heteroatoms. The molecule has 4 nitrogen and oxygen atoms in total. The van der Waals surface area contributed by atoms with Gasteiger partial charge in [-0.25, -0.2) is 4.79 Å². The summed E-state index contributed by atoms with van der Waals surface area (Å²) in [7, 11) is 0. The van der Waals surface area contributed by atoms with Gasteiger partial charge in [0.2, 0.25) is 0 Å². The molecule has 0 aromatic heterocycles. The first-order valence-corrected chi connectivity index (χ1v) is 6.42. The summed E-state index contributed by atoms with van der Waals surface area (Å²) in [6, 6.07) is 17.0. The van der Waals surface area contributed by atoms with E-state index in [2.05, 4.69) is 5.16 Å². The minimum atomic E-state index is -1.08. The summed E-state index contributed by atoms with van der Waals surface area (Å²) in [5, 5.41) is 4.11. The zero-order valence-corrected chi connectivity index (χ0v) is 10.6. The van der Waals surface area contributed by atoms with Gasteiger partial charge in [0.25, 0.3) is 0 Å². The number of carbonyl (C=O) groups excluding carboxylic acids is 1. The first-order chi connectivity index (χ1) is 9.78. The predicted octanol–water partition coefficient (Wildman–Crippen LogP) is 2.83. The lowest BCUT2D eigenvalue weighted by atomic mass is 9.96. The molecular weight excluding hydrogens is 254 g/mol. The molecule has 1 spiro atoms. The van der Waals surface area contributed by atoms with Crippen LogP contribution in [0.25, 0.3) is 0 Å². The number of oxime groups is 1. The lowest BCUT2D eigenvalue weighted by molar-refractivity contribution is -0.186. The Balaban J connectivity index is 1.72. The van der Waals surface area contributed by atoms with Crippen molar-refractivity contribution in [3.63, 3.8) is 0 Å². The Labute approximate surface area is 115 Å². The first kappa shape index (κ1) is 11.2. The van der Waals surface area contributed by atoms with Crippen molar-refractivity contribution in [2.45, 2.75) is 12.2 Å². The Morgan fingerprint density at radius 2 is 1.75 bits per heavy atom. The number of benzene rings is 2. The van der Waals surface area contributed by atoms with Crippen LogP contribution >= 0.6 is 0 Å². The van der Waals surface area contributed by atoms with E-state index in [-0.39, 0.29) is 5.97 Å². The second-order valence-electron chi connectivity index (χ2n) is 4.86. The Morgan fingerprint density at radius 3 is 2.60 bits per heavy atom. The van der Waals surface area contributed by atoms with E-state index in [4.69, 9.17) is 9.57 Å². The maximum atomic E-state index is 11.9. The van der Waals surface area contributed by atoms with E-state index in [1.54, 1.807) is 6.07 Å². The molecule has 2 aromatic carbocycles. The van der Waals surface area contributed by atoms with Gasteiger partial charge in [0.15, 0.2) is 0 Å². The van der Waals surface area contributed by atoms with E-state index in [1.807, 2.05) is 48.5 Å². The molecule has 20 heavy (non-hydrogen) atoms. The van der Waals surface area contributed by atoms with E-state index in [0.717, 1.165) is 16.8 Å². The molecule has 2 aliphatic heterocycles. The highest BCUT2D eigenvalue weighted by molar-refractivity contribution is 6.03. The van der Waals surface area contributed by atoms with Crippen LogP contribution in [0.3, 0.4) is 0 Å². The molecule has 0 N–H and O–H groups in total. The van der Waals surface area contributed by atoms with Crippen LogP contribution < -0.4 is 0 Å². The van der Waals surface area contributed by atoms with Gasteiger partial charge in [-0.05, 0) is 11.6 Å². The fraction of sp³-hybridized carbons (Fsp3) is 0.125. The quantitative estimate of drug-likeness (QED) is 0.745. The minimum Gasteiger partial charge on any atom is -0.412 e. The molecular formula is C16H11NO3. The van der Waals surface area contributed by atoms with Crippen molar-refractivity contribution in [1.29, 1.82) is 0 Å². The summed E-state index contributed by atoms with van der Waals surface area (Å²) in [4.78, 5) is 17.4. The summed E-state index contributed by atoms with van der Waals surface area (Å²) >= 11 is 0.